The summed E-state index contributed by atoms with van der Waals surface area (Å²) >= 11 is 0. The molecule has 3 aromatic rings. The minimum absolute atomic E-state index is 0.0745. The maximum Gasteiger partial charge on any atom is 0.339 e. The standard InChI is InChI=1S/C22H27N5O4S/c1-15-19(16(2)27(4)24-15)11-8-12-26(3)21-20(22(28)29)13-17(14-23-21)25-32(30,31)18-9-6-5-7-10-18/h5-7,9-10,13-14,25H,8,11-12H2,1-4H3,(H,28,29). The summed E-state index contributed by atoms with van der Waals surface area (Å²) in [5, 5.41) is 14.1. The van der Waals surface area contributed by atoms with E-state index in [0.717, 1.165) is 24.2 Å². The number of hydrogen-bond acceptors (Lipinski definition) is 6. The number of aryl methyl sites for hydroxylation is 2. The van der Waals surface area contributed by atoms with E-state index in [2.05, 4.69) is 14.8 Å². The van der Waals surface area contributed by atoms with Gasteiger partial charge in [0, 0.05) is 26.3 Å². The van der Waals surface area contributed by atoms with E-state index < -0.39 is 16.0 Å². The molecule has 10 heteroatoms. The van der Waals surface area contributed by atoms with E-state index >= 15 is 0 Å². The second-order valence-electron chi connectivity index (χ2n) is 7.62. The summed E-state index contributed by atoms with van der Waals surface area (Å²) < 4.78 is 29.3. The van der Waals surface area contributed by atoms with Gasteiger partial charge in [-0.05, 0) is 50.5 Å². The lowest BCUT2D eigenvalue weighted by Gasteiger charge is -2.20. The number of rotatable bonds is 9. The van der Waals surface area contributed by atoms with Crippen molar-refractivity contribution in [2.24, 2.45) is 7.05 Å². The Kier molecular flexibility index (Phi) is 6.83. The fraction of sp³-hybridized carbons (Fsp3) is 0.318. The first-order chi connectivity index (χ1) is 15.1. The molecule has 0 aliphatic carbocycles. The highest BCUT2D eigenvalue weighted by atomic mass is 32.2. The van der Waals surface area contributed by atoms with E-state index in [-0.39, 0.29) is 22.0 Å². The Morgan fingerprint density at radius 1 is 1.22 bits per heavy atom. The fourth-order valence-electron chi connectivity index (χ4n) is 3.57. The first-order valence-corrected chi connectivity index (χ1v) is 11.6. The monoisotopic (exact) mass is 457 g/mol. The molecule has 0 spiro atoms. The molecule has 0 radical (unpaired) electrons. The largest absolute Gasteiger partial charge is 0.478 e. The maximum absolute atomic E-state index is 12.5. The van der Waals surface area contributed by atoms with Crippen molar-refractivity contribution in [1.82, 2.24) is 14.8 Å². The van der Waals surface area contributed by atoms with Crippen LogP contribution >= 0.6 is 0 Å². The van der Waals surface area contributed by atoms with E-state index in [1.807, 2.05) is 25.6 Å². The van der Waals surface area contributed by atoms with Gasteiger partial charge in [-0.1, -0.05) is 18.2 Å². The van der Waals surface area contributed by atoms with Crippen LogP contribution in [0.3, 0.4) is 0 Å². The molecule has 0 saturated heterocycles. The number of carboxylic acid groups (broad SMARTS) is 1. The van der Waals surface area contributed by atoms with Crippen LogP contribution in [0.2, 0.25) is 0 Å². The zero-order valence-electron chi connectivity index (χ0n) is 18.5. The van der Waals surface area contributed by atoms with Crippen LogP contribution in [0.1, 0.15) is 33.7 Å². The number of nitrogens with one attached hydrogen (secondary N) is 1. The van der Waals surface area contributed by atoms with E-state index in [9.17, 15) is 18.3 Å². The molecule has 3 rings (SSSR count). The first-order valence-electron chi connectivity index (χ1n) is 10.1. The highest BCUT2D eigenvalue weighted by molar-refractivity contribution is 7.92. The Bertz CT molecular complexity index is 1220. The molecule has 2 heterocycles. The first kappa shape index (κ1) is 23.3. The predicted octanol–water partition coefficient (Wildman–Crippen LogP) is 3.00. The molecule has 0 fully saturated rings. The second kappa shape index (κ2) is 9.39. The van der Waals surface area contributed by atoms with Gasteiger partial charge in [-0.25, -0.2) is 18.2 Å². The highest BCUT2D eigenvalue weighted by Crippen LogP contribution is 2.23. The molecule has 1 aromatic carbocycles. The SMILES string of the molecule is Cc1nn(C)c(C)c1CCCN(C)c1ncc(NS(=O)(=O)c2ccccc2)cc1C(=O)O. The van der Waals surface area contributed by atoms with Crippen molar-refractivity contribution in [3.63, 3.8) is 0 Å². The Labute approximate surface area is 187 Å². The second-order valence-corrected chi connectivity index (χ2v) is 9.30. The van der Waals surface area contributed by atoms with Gasteiger partial charge in [0.15, 0.2) is 0 Å². The molecule has 0 unspecified atom stereocenters. The Morgan fingerprint density at radius 3 is 2.50 bits per heavy atom. The maximum atomic E-state index is 12.5. The number of aromatic nitrogens is 3. The number of carboxylic acids is 1. The number of hydrogen-bond donors (Lipinski definition) is 2. The number of sulfonamides is 1. The number of aromatic carboxylic acids is 1. The molecule has 0 amide bonds. The van der Waals surface area contributed by atoms with Crippen molar-refractivity contribution < 1.29 is 18.3 Å². The lowest BCUT2D eigenvalue weighted by molar-refractivity contribution is 0.0697. The number of nitrogens with zero attached hydrogens (tertiary/aromatic N) is 4. The van der Waals surface area contributed by atoms with Crippen LogP contribution in [-0.4, -0.2) is 47.9 Å². The Morgan fingerprint density at radius 2 is 1.91 bits per heavy atom. The van der Waals surface area contributed by atoms with Gasteiger partial charge in [-0.2, -0.15) is 5.10 Å². The smallest absolute Gasteiger partial charge is 0.339 e. The average Bonchev–Trinajstić information content (AvgIpc) is 2.99. The quantitative estimate of drug-likeness (QED) is 0.507. The number of pyridine rings is 1. The number of anilines is 2. The molecule has 2 aromatic heterocycles. The lowest BCUT2D eigenvalue weighted by atomic mass is 10.1. The van der Waals surface area contributed by atoms with Crippen molar-refractivity contribution in [2.75, 3.05) is 23.2 Å². The van der Waals surface area contributed by atoms with Gasteiger partial charge in [-0.15, -0.1) is 0 Å². The number of carbonyl (C=O) groups is 1. The van der Waals surface area contributed by atoms with Crippen LogP contribution in [0, 0.1) is 13.8 Å². The molecule has 0 saturated carbocycles. The molecule has 2 N–H and O–H groups in total. The van der Waals surface area contributed by atoms with E-state index in [4.69, 9.17) is 0 Å². The Balaban J connectivity index is 1.74. The third-order valence-corrected chi connectivity index (χ3v) is 6.74. The van der Waals surface area contributed by atoms with Crippen molar-refractivity contribution in [3.8, 4) is 0 Å². The summed E-state index contributed by atoms with van der Waals surface area (Å²) in [6, 6.07) is 9.15. The minimum atomic E-state index is -3.84. The van der Waals surface area contributed by atoms with Crippen LogP contribution in [0.25, 0.3) is 0 Å². The van der Waals surface area contributed by atoms with Crippen molar-refractivity contribution in [3.05, 3.63) is 65.1 Å². The normalized spacial score (nSPS) is 11.4. The zero-order valence-corrected chi connectivity index (χ0v) is 19.3. The van der Waals surface area contributed by atoms with E-state index in [0.29, 0.717) is 6.54 Å². The van der Waals surface area contributed by atoms with Gasteiger partial charge < -0.3 is 10.0 Å². The van der Waals surface area contributed by atoms with Crippen LogP contribution in [0.15, 0.2) is 47.5 Å². The molecular weight excluding hydrogens is 430 g/mol. The molecule has 0 aliphatic rings. The molecule has 0 bridgehead atoms. The third kappa shape index (κ3) is 5.08. The topological polar surface area (TPSA) is 117 Å². The fourth-order valence-corrected chi connectivity index (χ4v) is 4.62. The van der Waals surface area contributed by atoms with Crippen molar-refractivity contribution >= 4 is 27.5 Å². The van der Waals surface area contributed by atoms with Crippen LogP contribution in [-0.2, 0) is 23.5 Å². The Hall–Kier alpha value is -3.40. The predicted molar refractivity (Wildman–Crippen MR) is 123 cm³/mol. The summed E-state index contributed by atoms with van der Waals surface area (Å²) in [6.07, 6.45) is 2.92. The summed E-state index contributed by atoms with van der Waals surface area (Å²) in [6.45, 7) is 4.58. The summed E-state index contributed by atoms with van der Waals surface area (Å²) in [4.78, 5) is 17.9. The average molecular weight is 458 g/mol. The van der Waals surface area contributed by atoms with Crippen molar-refractivity contribution in [2.45, 2.75) is 31.6 Å². The summed E-state index contributed by atoms with van der Waals surface area (Å²) in [7, 11) is -0.164. The summed E-state index contributed by atoms with van der Waals surface area (Å²) in [5.41, 5.74) is 3.31. The van der Waals surface area contributed by atoms with E-state index in [1.54, 1.807) is 30.1 Å². The van der Waals surface area contributed by atoms with Gasteiger partial charge in [0.2, 0.25) is 0 Å². The van der Waals surface area contributed by atoms with Crippen LogP contribution < -0.4 is 9.62 Å². The molecule has 9 nitrogen and oxygen atoms in total. The third-order valence-electron chi connectivity index (χ3n) is 5.34. The van der Waals surface area contributed by atoms with E-state index in [1.165, 1.54) is 30.0 Å². The number of benzene rings is 1. The van der Waals surface area contributed by atoms with Gasteiger partial charge in [-0.3, -0.25) is 9.40 Å². The molecule has 0 aliphatic heterocycles. The molecule has 0 atom stereocenters. The van der Waals surface area contributed by atoms with Crippen LogP contribution in [0.5, 0.6) is 0 Å². The van der Waals surface area contributed by atoms with Gasteiger partial charge >= 0.3 is 5.97 Å². The van der Waals surface area contributed by atoms with Gasteiger partial charge in [0.05, 0.1) is 22.5 Å². The highest BCUT2D eigenvalue weighted by Gasteiger charge is 2.20. The summed E-state index contributed by atoms with van der Waals surface area (Å²) in [5.74, 6) is -0.904. The molecule has 170 valence electrons. The van der Waals surface area contributed by atoms with Gasteiger partial charge in [0.1, 0.15) is 11.4 Å². The lowest BCUT2D eigenvalue weighted by Crippen LogP contribution is -2.23. The molecule has 32 heavy (non-hydrogen) atoms. The van der Waals surface area contributed by atoms with Gasteiger partial charge in [0.25, 0.3) is 10.0 Å². The van der Waals surface area contributed by atoms with Crippen LogP contribution in [0.4, 0.5) is 11.5 Å². The van der Waals surface area contributed by atoms with Crippen molar-refractivity contribution in [1.29, 1.82) is 0 Å². The molecular formula is C22H27N5O4S. The minimum Gasteiger partial charge on any atom is -0.478 e. The zero-order chi connectivity index (χ0) is 23.5.